The minimum Gasteiger partial charge on any atom is -0.316 e. The molecule has 1 aliphatic heterocycles. The van der Waals surface area contributed by atoms with E-state index in [0.717, 1.165) is 18.6 Å². The van der Waals surface area contributed by atoms with Gasteiger partial charge in [-0.25, -0.2) is 0 Å². The van der Waals surface area contributed by atoms with E-state index < -0.39 is 0 Å². The van der Waals surface area contributed by atoms with Crippen LogP contribution in [0.5, 0.6) is 0 Å². The van der Waals surface area contributed by atoms with Crippen molar-refractivity contribution in [1.29, 1.82) is 0 Å². The maximum Gasteiger partial charge on any atom is 0.0939 e. The molecule has 1 fully saturated rings. The van der Waals surface area contributed by atoms with Crippen molar-refractivity contribution in [3.8, 4) is 0 Å². The van der Waals surface area contributed by atoms with Gasteiger partial charge in [0.2, 0.25) is 0 Å². The number of fused-ring (bicyclic) bond motifs is 1. The summed E-state index contributed by atoms with van der Waals surface area (Å²) in [5, 5.41) is 4.74. The van der Waals surface area contributed by atoms with E-state index in [4.69, 9.17) is 0 Å². The largest absolute Gasteiger partial charge is 0.316 e. The van der Waals surface area contributed by atoms with E-state index in [1.165, 1.54) is 20.3 Å². The van der Waals surface area contributed by atoms with Crippen LogP contribution >= 0.6 is 34.1 Å². The van der Waals surface area contributed by atoms with Crippen LogP contribution in [0.3, 0.4) is 0 Å². The summed E-state index contributed by atoms with van der Waals surface area (Å²) in [6.45, 7) is 2.28. The van der Waals surface area contributed by atoms with Gasteiger partial charge in [0, 0.05) is 11.9 Å². The zero-order chi connectivity index (χ0) is 10.3. The fourth-order valence-corrected chi connectivity index (χ4v) is 3.45. The molecule has 0 bridgehead atoms. The molecule has 0 aliphatic carbocycles. The third-order valence-corrected chi connectivity index (χ3v) is 4.83. The maximum atomic E-state index is 4.40. The van der Waals surface area contributed by atoms with Crippen molar-refractivity contribution < 1.29 is 0 Å². The van der Waals surface area contributed by atoms with Gasteiger partial charge < -0.3 is 5.32 Å². The lowest BCUT2D eigenvalue weighted by Crippen LogP contribution is -2.07. The van der Waals surface area contributed by atoms with E-state index in [0.29, 0.717) is 5.92 Å². The fraction of sp³-hybridized carbons (Fsp3) is 0.364. The Balaban J connectivity index is 2.08. The Morgan fingerprint density at radius 3 is 3.20 bits per heavy atom. The zero-order valence-corrected chi connectivity index (χ0v) is 11.1. The van der Waals surface area contributed by atoms with E-state index in [1.54, 1.807) is 11.5 Å². The van der Waals surface area contributed by atoms with Crippen LogP contribution in [0.25, 0.3) is 10.9 Å². The number of aromatic nitrogens is 1. The summed E-state index contributed by atoms with van der Waals surface area (Å²) in [6.07, 6.45) is 1.26. The number of hydrogen-bond acceptors (Lipinski definition) is 3. The standard InChI is InChI=1S/C11H11IN2S/c12-11-9-5-7(8-3-4-13-6-8)1-2-10(9)14-15-11/h1-2,5,8,13H,3-4,6H2. The molecule has 1 aliphatic rings. The number of hydrogen-bond donors (Lipinski definition) is 1. The molecule has 1 aromatic heterocycles. The van der Waals surface area contributed by atoms with Crippen LogP contribution in [-0.2, 0) is 0 Å². The summed E-state index contributed by atoms with van der Waals surface area (Å²) in [4.78, 5) is 0. The topological polar surface area (TPSA) is 24.9 Å². The zero-order valence-electron chi connectivity index (χ0n) is 8.16. The highest BCUT2D eigenvalue weighted by Gasteiger charge is 2.17. The van der Waals surface area contributed by atoms with Crippen LogP contribution in [0.15, 0.2) is 18.2 Å². The van der Waals surface area contributed by atoms with Crippen LogP contribution < -0.4 is 5.32 Å². The van der Waals surface area contributed by atoms with Crippen LogP contribution in [0, 0.1) is 2.88 Å². The van der Waals surface area contributed by atoms with E-state index in [1.807, 2.05) is 0 Å². The molecule has 0 radical (unpaired) electrons. The number of nitrogens with one attached hydrogen (secondary N) is 1. The van der Waals surface area contributed by atoms with Gasteiger partial charge >= 0.3 is 0 Å². The molecule has 1 atom stereocenters. The molecule has 78 valence electrons. The van der Waals surface area contributed by atoms with Crippen LogP contribution in [0.1, 0.15) is 17.9 Å². The summed E-state index contributed by atoms with van der Waals surface area (Å²) >= 11 is 3.96. The average Bonchev–Trinajstić information content (AvgIpc) is 2.88. The Hall–Kier alpha value is -0.200. The molecular weight excluding hydrogens is 319 g/mol. The highest BCUT2D eigenvalue weighted by Crippen LogP contribution is 2.29. The Bertz CT molecular complexity index is 488. The van der Waals surface area contributed by atoms with Gasteiger partial charge in [0.25, 0.3) is 0 Å². The molecule has 2 aromatic rings. The monoisotopic (exact) mass is 330 g/mol. The SMILES string of the molecule is Ic1snc2ccc(C3CCNC3)cc12. The van der Waals surface area contributed by atoms with Gasteiger partial charge in [-0.3, -0.25) is 0 Å². The molecule has 1 unspecified atom stereocenters. The molecule has 15 heavy (non-hydrogen) atoms. The second-order valence-corrected chi connectivity index (χ2v) is 6.51. The van der Waals surface area contributed by atoms with Crippen molar-refractivity contribution in [3.05, 3.63) is 26.6 Å². The lowest BCUT2D eigenvalue weighted by atomic mass is 9.97. The van der Waals surface area contributed by atoms with E-state index in [9.17, 15) is 0 Å². The number of nitrogens with zero attached hydrogens (tertiary/aromatic N) is 1. The first-order valence-corrected chi connectivity index (χ1v) is 6.95. The lowest BCUT2D eigenvalue weighted by Gasteiger charge is -2.08. The molecule has 0 saturated carbocycles. The lowest BCUT2D eigenvalue weighted by molar-refractivity contribution is 0.764. The summed E-state index contributed by atoms with van der Waals surface area (Å²) in [7, 11) is 0. The Morgan fingerprint density at radius 1 is 1.47 bits per heavy atom. The first-order chi connectivity index (χ1) is 7.34. The second kappa shape index (κ2) is 3.99. The predicted molar refractivity (Wildman–Crippen MR) is 72.6 cm³/mol. The molecule has 3 rings (SSSR count). The van der Waals surface area contributed by atoms with Crippen molar-refractivity contribution in [2.75, 3.05) is 13.1 Å². The summed E-state index contributed by atoms with van der Waals surface area (Å²) in [5.74, 6) is 0.699. The highest BCUT2D eigenvalue weighted by molar-refractivity contribution is 14.1. The molecule has 4 heteroatoms. The first-order valence-electron chi connectivity index (χ1n) is 5.10. The van der Waals surface area contributed by atoms with Gasteiger partial charge in [-0.2, -0.15) is 4.37 Å². The smallest absolute Gasteiger partial charge is 0.0939 e. The quantitative estimate of drug-likeness (QED) is 0.813. The molecule has 0 amide bonds. The molecule has 1 aromatic carbocycles. The maximum absolute atomic E-state index is 4.40. The van der Waals surface area contributed by atoms with Gasteiger partial charge in [0.1, 0.15) is 0 Å². The molecule has 1 saturated heterocycles. The van der Waals surface area contributed by atoms with E-state index in [2.05, 4.69) is 50.5 Å². The Kier molecular flexibility index (Phi) is 2.66. The average molecular weight is 330 g/mol. The van der Waals surface area contributed by atoms with Crippen LogP contribution in [-0.4, -0.2) is 17.5 Å². The van der Waals surface area contributed by atoms with Gasteiger partial charge in [-0.05, 0) is 70.7 Å². The van der Waals surface area contributed by atoms with Gasteiger partial charge in [0.05, 0.1) is 8.40 Å². The van der Waals surface area contributed by atoms with E-state index in [-0.39, 0.29) is 0 Å². The molecular formula is C11H11IN2S. The van der Waals surface area contributed by atoms with Crippen molar-refractivity contribution in [2.45, 2.75) is 12.3 Å². The molecule has 2 nitrogen and oxygen atoms in total. The van der Waals surface area contributed by atoms with Gasteiger partial charge in [-0.1, -0.05) is 6.07 Å². The predicted octanol–water partition coefficient (Wildman–Crippen LogP) is 2.98. The summed E-state index contributed by atoms with van der Waals surface area (Å²) in [5.41, 5.74) is 2.60. The summed E-state index contributed by atoms with van der Waals surface area (Å²) in [6, 6.07) is 6.70. The fourth-order valence-electron chi connectivity index (χ4n) is 2.12. The van der Waals surface area contributed by atoms with Crippen molar-refractivity contribution in [3.63, 3.8) is 0 Å². The van der Waals surface area contributed by atoms with E-state index >= 15 is 0 Å². The number of rotatable bonds is 1. The third-order valence-electron chi connectivity index (χ3n) is 2.99. The third kappa shape index (κ3) is 1.79. The Labute approximate surface area is 106 Å². The normalized spacial score (nSPS) is 21.3. The van der Waals surface area contributed by atoms with Crippen molar-refractivity contribution >= 4 is 45.0 Å². The van der Waals surface area contributed by atoms with Crippen LogP contribution in [0.4, 0.5) is 0 Å². The Morgan fingerprint density at radius 2 is 2.40 bits per heavy atom. The molecule has 0 spiro atoms. The molecule has 2 heterocycles. The minimum absolute atomic E-state index is 0.699. The summed E-state index contributed by atoms with van der Waals surface area (Å²) < 4.78 is 5.71. The van der Waals surface area contributed by atoms with Crippen molar-refractivity contribution in [2.24, 2.45) is 0 Å². The van der Waals surface area contributed by atoms with Gasteiger partial charge in [-0.15, -0.1) is 0 Å². The number of halogens is 1. The van der Waals surface area contributed by atoms with Crippen LogP contribution in [0.2, 0.25) is 0 Å². The second-order valence-electron chi connectivity index (χ2n) is 3.92. The van der Waals surface area contributed by atoms with Crippen molar-refractivity contribution in [1.82, 2.24) is 9.69 Å². The highest BCUT2D eigenvalue weighted by atomic mass is 127. The first kappa shape index (κ1) is 9.99. The number of benzene rings is 1. The van der Waals surface area contributed by atoms with Gasteiger partial charge in [0.15, 0.2) is 0 Å². The molecule has 1 N–H and O–H groups in total. The minimum atomic E-state index is 0.699.